The van der Waals surface area contributed by atoms with Gasteiger partial charge < -0.3 is 10.6 Å². The Balaban J connectivity index is 1.50. The van der Waals surface area contributed by atoms with Crippen LogP contribution in [0, 0.1) is 12.8 Å². The lowest BCUT2D eigenvalue weighted by Gasteiger charge is -2.45. The SMILES string of the molecule is CC(=O)N[C@@]12CN(CC(=O)Nc3ncc(C)s3)CC[C@@H]1[C@@H](c1ccccc1)N(C)C2. The fraction of sp³-hybridized carbons (Fsp3) is 0.500. The van der Waals surface area contributed by atoms with Crippen LogP contribution >= 0.6 is 11.3 Å². The molecule has 2 saturated heterocycles. The molecule has 2 N–H and O–H groups in total. The van der Waals surface area contributed by atoms with Crippen molar-refractivity contribution in [1.29, 1.82) is 0 Å². The Hall–Kier alpha value is -2.29. The third kappa shape index (κ3) is 4.26. The summed E-state index contributed by atoms with van der Waals surface area (Å²) in [5, 5.41) is 6.81. The Bertz CT molecular complexity index is 917. The van der Waals surface area contributed by atoms with Crippen molar-refractivity contribution >= 4 is 28.3 Å². The summed E-state index contributed by atoms with van der Waals surface area (Å²) in [5.41, 5.74) is 0.916. The highest BCUT2D eigenvalue weighted by Crippen LogP contribution is 2.46. The summed E-state index contributed by atoms with van der Waals surface area (Å²) in [6.45, 7) is 6.10. The van der Waals surface area contributed by atoms with Gasteiger partial charge in [-0.3, -0.25) is 19.4 Å². The molecule has 0 spiro atoms. The third-order valence-corrected chi connectivity index (χ3v) is 6.99. The molecule has 0 saturated carbocycles. The van der Waals surface area contributed by atoms with E-state index in [2.05, 4.69) is 56.7 Å². The number of carbonyl (C=O) groups excluding carboxylic acids is 2. The van der Waals surface area contributed by atoms with E-state index in [1.54, 1.807) is 13.1 Å². The number of rotatable bonds is 5. The number of fused-ring (bicyclic) bond motifs is 1. The topological polar surface area (TPSA) is 77.6 Å². The predicted octanol–water partition coefficient (Wildman–Crippen LogP) is 2.27. The Morgan fingerprint density at radius 2 is 2.03 bits per heavy atom. The van der Waals surface area contributed by atoms with Crippen molar-refractivity contribution in [3.63, 3.8) is 0 Å². The van der Waals surface area contributed by atoms with Crippen LogP contribution in [-0.2, 0) is 9.59 Å². The lowest BCUT2D eigenvalue weighted by molar-refractivity contribution is -0.122. The molecular formula is C22H29N5O2S. The van der Waals surface area contributed by atoms with Gasteiger partial charge in [0.1, 0.15) is 0 Å². The van der Waals surface area contributed by atoms with Crippen molar-refractivity contribution in [2.75, 3.05) is 38.5 Å². The van der Waals surface area contributed by atoms with Crippen molar-refractivity contribution in [3.8, 4) is 0 Å². The van der Waals surface area contributed by atoms with E-state index in [9.17, 15) is 9.59 Å². The molecule has 4 rings (SSSR count). The number of likely N-dealkylation sites (N-methyl/N-ethyl adjacent to an activating group) is 1. The number of hydrogen-bond donors (Lipinski definition) is 2. The first kappa shape index (κ1) is 21.0. The van der Waals surface area contributed by atoms with Gasteiger partial charge in [0, 0.05) is 43.0 Å². The van der Waals surface area contributed by atoms with Crippen molar-refractivity contribution in [2.24, 2.45) is 5.92 Å². The van der Waals surface area contributed by atoms with Gasteiger partial charge in [0.05, 0.1) is 12.1 Å². The molecule has 30 heavy (non-hydrogen) atoms. The summed E-state index contributed by atoms with van der Waals surface area (Å²) in [7, 11) is 2.13. The summed E-state index contributed by atoms with van der Waals surface area (Å²) in [5.74, 6) is 0.216. The Morgan fingerprint density at radius 1 is 1.27 bits per heavy atom. The first-order valence-corrected chi connectivity index (χ1v) is 11.2. The smallest absolute Gasteiger partial charge is 0.240 e. The Morgan fingerprint density at radius 3 is 2.70 bits per heavy atom. The molecule has 0 bridgehead atoms. The highest BCUT2D eigenvalue weighted by Gasteiger charge is 2.54. The molecule has 3 heterocycles. The van der Waals surface area contributed by atoms with Gasteiger partial charge in [-0.2, -0.15) is 0 Å². The summed E-state index contributed by atoms with van der Waals surface area (Å²) in [6, 6.07) is 10.8. The zero-order chi connectivity index (χ0) is 21.3. The molecule has 2 fully saturated rings. The van der Waals surface area contributed by atoms with E-state index in [4.69, 9.17) is 0 Å². The number of thiazole rings is 1. The van der Waals surface area contributed by atoms with Crippen molar-refractivity contribution in [3.05, 3.63) is 47.0 Å². The number of benzene rings is 1. The Kier molecular flexibility index (Phi) is 5.90. The first-order chi connectivity index (χ1) is 14.4. The number of carbonyl (C=O) groups is 2. The van der Waals surface area contributed by atoms with Crippen LogP contribution < -0.4 is 10.6 Å². The van der Waals surface area contributed by atoms with E-state index in [1.807, 2.05) is 13.0 Å². The maximum atomic E-state index is 12.6. The fourth-order valence-electron chi connectivity index (χ4n) is 5.24. The number of amides is 2. The lowest BCUT2D eigenvalue weighted by atomic mass is 9.75. The number of likely N-dealkylation sites (tertiary alicyclic amines) is 2. The van der Waals surface area contributed by atoms with Crippen LogP contribution in [0.25, 0.3) is 0 Å². The normalized spacial score (nSPS) is 26.9. The van der Waals surface area contributed by atoms with E-state index < -0.39 is 0 Å². The molecule has 1 aromatic carbocycles. The van der Waals surface area contributed by atoms with Crippen LogP contribution in [0.3, 0.4) is 0 Å². The molecule has 0 aliphatic carbocycles. The van der Waals surface area contributed by atoms with Gasteiger partial charge >= 0.3 is 0 Å². The molecule has 2 aliphatic heterocycles. The number of nitrogens with zero attached hydrogens (tertiary/aromatic N) is 3. The Labute approximate surface area is 181 Å². The molecule has 3 atom stereocenters. The maximum Gasteiger partial charge on any atom is 0.240 e. The number of piperidine rings is 1. The van der Waals surface area contributed by atoms with E-state index in [0.29, 0.717) is 24.1 Å². The third-order valence-electron chi connectivity index (χ3n) is 6.16. The quantitative estimate of drug-likeness (QED) is 0.766. The zero-order valence-corrected chi connectivity index (χ0v) is 18.5. The maximum absolute atomic E-state index is 12.6. The second-order valence-corrected chi connectivity index (χ2v) is 9.77. The predicted molar refractivity (Wildman–Crippen MR) is 118 cm³/mol. The number of aromatic nitrogens is 1. The lowest BCUT2D eigenvalue weighted by Crippen LogP contribution is -2.64. The number of aryl methyl sites for hydroxylation is 1. The van der Waals surface area contributed by atoms with Crippen LogP contribution in [0.4, 0.5) is 5.13 Å². The second-order valence-electron chi connectivity index (χ2n) is 8.54. The molecule has 0 radical (unpaired) electrons. The van der Waals surface area contributed by atoms with Crippen LogP contribution in [0.1, 0.15) is 29.8 Å². The summed E-state index contributed by atoms with van der Waals surface area (Å²) in [6.07, 6.45) is 2.68. The first-order valence-electron chi connectivity index (χ1n) is 10.3. The molecule has 2 aliphatic rings. The minimum atomic E-state index is -0.364. The monoisotopic (exact) mass is 427 g/mol. The number of nitrogens with one attached hydrogen (secondary N) is 2. The molecule has 0 unspecified atom stereocenters. The second kappa shape index (κ2) is 8.45. The van der Waals surface area contributed by atoms with Crippen molar-refractivity contribution in [1.82, 2.24) is 20.1 Å². The van der Waals surface area contributed by atoms with Gasteiger partial charge in [-0.15, -0.1) is 11.3 Å². The molecule has 2 amide bonds. The molecule has 8 heteroatoms. The van der Waals surface area contributed by atoms with Crippen LogP contribution in [0.15, 0.2) is 36.5 Å². The van der Waals surface area contributed by atoms with Crippen molar-refractivity contribution in [2.45, 2.75) is 31.8 Å². The van der Waals surface area contributed by atoms with Gasteiger partial charge in [-0.1, -0.05) is 30.3 Å². The van der Waals surface area contributed by atoms with E-state index in [-0.39, 0.29) is 23.4 Å². The van der Waals surface area contributed by atoms with E-state index in [1.165, 1.54) is 16.9 Å². The zero-order valence-electron chi connectivity index (χ0n) is 17.7. The van der Waals surface area contributed by atoms with Crippen LogP contribution in [0.2, 0.25) is 0 Å². The summed E-state index contributed by atoms with van der Waals surface area (Å²) >= 11 is 1.47. The molecule has 160 valence electrons. The van der Waals surface area contributed by atoms with Crippen LogP contribution in [-0.4, -0.2) is 65.4 Å². The standard InChI is InChI=1S/C22H29N5O2S/c1-15-11-23-21(30-15)24-19(29)12-27-10-9-18-20(17-7-5-4-6-8-17)26(3)13-22(18,14-27)25-16(2)28/h4-8,11,18,20H,9-10,12-14H2,1-3H3,(H,25,28)(H,23,24,29)/t18-,20-,22+/m1/s1. The van der Waals surface area contributed by atoms with E-state index >= 15 is 0 Å². The molecular weight excluding hydrogens is 398 g/mol. The van der Waals surface area contributed by atoms with Gasteiger partial charge in [-0.05, 0) is 32.5 Å². The molecule has 2 aromatic rings. The van der Waals surface area contributed by atoms with Gasteiger partial charge in [0.25, 0.3) is 0 Å². The summed E-state index contributed by atoms with van der Waals surface area (Å²) in [4.78, 5) is 34.5. The largest absolute Gasteiger partial charge is 0.348 e. The van der Waals surface area contributed by atoms with Gasteiger partial charge in [0.2, 0.25) is 11.8 Å². The number of hydrogen-bond acceptors (Lipinski definition) is 6. The van der Waals surface area contributed by atoms with Crippen molar-refractivity contribution < 1.29 is 9.59 Å². The average molecular weight is 428 g/mol. The summed E-state index contributed by atoms with van der Waals surface area (Å²) < 4.78 is 0. The average Bonchev–Trinajstić information content (AvgIpc) is 3.20. The number of anilines is 1. The van der Waals surface area contributed by atoms with Gasteiger partial charge in [-0.25, -0.2) is 4.98 Å². The van der Waals surface area contributed by atoms with Gasteiger partial charge in [0.15, 0.2) is 5.13 Å². The minimum absolute atomic E-state index is 0.0216. The highest BCUT2D eigenvalue weighted by molar-refractivity contribution is 7.15. The fourth-order valence-corrected chi connectivity index (χ4v) is 5.92. The molecule has 1 aromatic heterocycles. The van der Waals surface area contributed by atoms with Crippen LogP contribution in [0.5, 0.6) is 0 Å². The molecule has 7 nitrogen and oxygen atoms in total. The van der Waals surface area contributed by atoms with E-state index in [0.717, 1.165) is 24.4 Å². The minimum Gasteiger partial charge on any atom is -0.348 e. The highest BCUT2D eigenvalue weighted by atomic mass is 32.1.